The average Bonchev–Trinajstić information content (AvgIpc) is 2.80. The first-order valence-electron chi connectivity index (χ1n) is 9.75. The Morgan fingerprint density at radius 3 is 2.42 bits per heavy atom. The van der Waals surface area contributed by atoms with E-state index in [4.69, 9.17) is 5.14 Å². The predicted octanol–water partition coefficient (Wildman–Crippen LogP) is 2.22. The van der Waals surface area contributed by atoms with E-state index in [9.17, 15) is 18.0 Å². The van der Waals surface area contributed by atoms with Gasteiger partial charge in [-0.2, -0.15) is 0 Å². The highest BCUT2D eigenvalue weighted by Gasteiger charge is 2.14. The number of carbonyl (C=O) groups excluding carboxylic acids is 1. The number of pyridine rings is 1. The Morgan fingerprint density at radius 2 is 1.73 bits per heavy atom. The Labute approximate surface area is 193 Å². The fraction of sp³-hybridized carbons (Fsp3) is 0.0909. The molecule has 0 unspecified atom stereocenters. The van der Waals surface area contributed by atoms with Gasteiger partial charge in [0.25, 0.3) is 5.56 Å². The number of amides is 1. The van der Waals surface area contributed by atoms with Crippen molar-refractivity contribution >= 4 is 44.3 Å². The van der Waals surface area contributed by atoms with Gasteiger partial charge in [0.1, 0.15) is 0 Å². The number of nitrogens with one attached hydrogen (secondary N) is 1. The van der Waals surface area contributed by atoms with Gasteiger partial charge in [-0.1, -0.05) is 23.9 Å². The van der Waals surface area contributed by atoms with Crippen LogP contribution in [0.25, 0.3) is 10.9 Å². The van der Waals surface area contributed by atoms with Crippen molar-refractivity contribution in [1.29, 1.82) is 0 Å². The zero-order valence-electron chi connectivity index (χ0n) is 17.2. The van der Waals surface area contributed by atoms with Gasteiger partial charge in [-0.3, -0.25) is 19.1 Å². The van der Waals surface area contributed by atoms with Gasteiger partial charge in [0.15, 0.2) is 5.16 Å². The van der Waals surface area contributed by atoms with Crippen molar-refractivity contribution in [3.63, 3.8) is 0 Å². The summed E-state index contributed by atoms with van der Waals surface area (Å²) in [6, 6.07) is 16.2. The van der Waals surface area contributed by atoms with E-state index in [1.54, 1.807) is 36.7 Å². The molecule has 2 heterocycles. The molecule has 4 rings (SSSR count). The first-order chi connectivity index (χ1) is 15.8. The van der Waals surface area contributed by atoms with Gasteiger partial charge in [0.05, 0.1) is 28.1 Å². The molecule has 0 saturated carbocycles. The van der Waals surface area contributed by atoms with Crippen molar-refractivity contribution in [2.75, 3.05) is 11.1 Å². The lowest BCUT2D eigenvalue weighted by atomic mass is 10.2. The van der Waals surface area contributed by atoms with E-state index in [1.165, 1.54) is 28.8 Å². The lowest BCUT2D eigenvalue weighted by molar-refractivity contribution is -0.113. The number of nitrogens with two attached hydrogens (primary N) is 1. The van der Waals surface area contributed by atoms with Crippen LogP contribution in [0.1, 0.15) is 5.56 Å². The number of carbonyl (C=O) groups is 1. The predicted molar refractivity (Wildman–Crippen MR) is 127 cm³/mol. The standard InChI is InChI=1S/C22H19N5O4S2/c23-33(30,31)17-7-5-16(6-8-17)25-20(28)14-32-22-26-19-4-2-1-3-18(19)21(29)27(22)13-15-9-11-24-12-10-15/h1-12H,13-14H2,(H,25,28)(H2,23,30,31). The van der Waals surface area contributed by atoms with Crippen LogP contribution in [0.2, 0.25) is 0 Å². The van der Waals surface area contributed by atoms with Crippen molar-refractivity contribution in [2.24, 2.45) is 5.14 Å². The number of nitrogens with zero attached hydrogens (tertiary/aromatic N) is 3. The second-order valence-electron chi connectivity index (χ2n) is 7.06. The van der Waals surface area contributed by atoms with E-state index < -0.39 is 10.0 Å². The van der Waals surface area contributed by atoms with Gasteiger partial charge in [0.2, 0.25) is 15.9 Å². The molecule has 0 radical (unpaired) electrons. The molecule has 11 heteroatoms. The van der Waals surface area contributed by atoms with Gasteiger partial charge in [-0.25, -0.2) is 18.5 Å². The molecule has 0 aliphatic heterocycles. The molecule has 2 aromatic heterocycles. The quantitative estimate of drug-likeness (QED) is 0.305. The van der Waals surface area contributed by atoms with Gasteiger partial charge in [-0.05, 0) is 54.1 Å². The number of fused-ring (bicyclic) bond motifs is 1. The molecule has 0 atom stereocenters. The van der Waals surface area contributed by atoms with Crippen molar-refractivity contribution in [3.8, 4) is 0 Å². The fourth-order valence-corrected chi connectivity index (χ4v) is 4.44. The van der Waals surface area contributed by atoms with Crippen LogP contribution in [0.5, 0.6) is 0 Å². The molecule has 33 heavy (non-hydrogen) atoms. The Balaban J connectivity index is 1.55. The highest BCUT2D eigenvalue weighted by Crippen LogP contribution is 2.20. The molecule has 3 N–H and O–H groups in total. The SMILES string of the molecule is NS(=O)(=O)c1ccc(NC(=O)CSc2nc3ccccc3c(=O)n2Cc2ccncc2)cc1. The summed E-state index contributed by atoms with van der Waals surface area (Å²) < 4.78 is 24.3. The zero-order valence-corrected chi connectivity index (χ0v) is 18.8. The van der Waals surface area contributed by atoms with Crippen molar-refractivity contribution in [1.82, 2.24) is 14.5 Å². The van der Waals surface area contributed by atoms with Crippen LogP contribution >= 0.6 is 11.8 Å². The van der Waals surface area contributed by atoms with Crippen LogP contribution in [0.15, 0.2) is 87.9 Å². The maximum atomic E-state index is 13.1. The minimum Gasteiger partial charge on any atom is -0.325 e. The Hall–Kier alpha value is -3.54. The number of benzene rings is 2. The summed E-state index contributed by atoms with van der Waals surface area (Å²) >= 11 is 1.14. The van der Waals surface area contributed by atoms with Crippen molar-refractivity contribution < 1.29 is 13.2 Å². The Morgan fingerprint density at radius 1 is 1.03 bits per heavy atom. The fourth-order valence-electron chi connectivity index (χ4n) is 3.12. The lowest BCUT2D eigenvalue weighted by Crippen LogP contribution is -2.25. The molecular formula is C22H19N5O4S2. The first kappa shape index (κ1) is 22.6. The molecule has 0 saturated heterocycles. The van der Waals surface area contributed by atoms with E-state index in [0.717, 1.165) is 17.3 Å². The number of sulfonamides is 1. The normalized spacial score (nSPS) is 11.4. The summed E-state index contributed by atoms with van der Waals surface area (Å²) in [5.41, 5.74) is 1.66. The Bertz CT molecular complexity index is 1470. The van der Waals surface area contributed by atoms with E-state index in [-0.39, 0.29) is 28.7 Å². The number of para-hydroxylation sites is 1. The minimum absolute atomic E-state index is 0.00192. The molecule has 0 spiro atoms. The molecule has 9 nitrogen and oxygen atoms in total. The summed E-state index contributed by atoms with van der Waals surface area (Å²) in [6.45, 7) is 0.290. The average molecular weight is 482 g/mol. The zero-order chi connectivity index (χ0) is 23.4. The lowest BCUT2D eigenvalue weighted by Gasteiger charge is -2.13. The monoisotopic (exact) mass is 481 g/mol. The number of anilines is 1. The molecule has 168 valence electrons. The number of aromatic nitrogens is 3. The van der Waals surface area contributed by atoms with Crippen LogP contribution in [-0.4, -0.2) is 34.6 Å². The van der Waals surface area contributed by atoms with Gasteiger partial charge < -0.3 is 5.32 Å². The van der Waals surface area contributed by atoms with Crippen molar-refractivity contribution in [3.05, 3.63) is 89.0 Å². The number of rotatable bonds is 7. The second kappa shape index (κ2) is 9.53. The van der Waals surface area contributed by atoms with Crippen molar-refractivity contribution in [2.45, 2.75) is 16.6 Å². The smallest absolute Gasteiger partial charge is 0.262 e. The summed E-state index contributed by atoms with van der Waals surface area (Å²) in [5, 5.41) is 8.69. The van der Waals surface area contributed by atoms with Crippen LogP contribution in [0, 0.1) is 0 Å². The third-order valence-electron chi connectivity index (χ3n) is 4.72. The Kier molecular flexibility index (Phi) is 6.54. The van der Waals surface area contributed by atoms with Gasteiger partial charge >= 0.3 is 0 Å². The van der Waals surface area contributed by atoms with Crippen LogP contribution in [-0.2, 0) is 21.4 Å². The third kappa shape index (κ3) is 5.45. The summed E-state index contributed by atoms with van der Waals surface area (Å²) in [6.07, 6.45) is 3.30. The first-order valence-corrected chi connectivity index (χ1v) is 12.3. The second-order valence-corrected chi connectivity index (χ2v) is 9.57. The molecule has 1 amide bonds. The molecule has 4 aromatic rings. The highest BCUT2D eigenvalue weighted by molar-refractivity contribution is 7.99. The maximum absolute atomic E-state index is 13.1. The maximum Gasteiger partial charge on any atom is 0.262 e. The third-order valence-corrected chi connectivity index (χ3v) is 6.62. The van der Waals surface area contributed by atoms with Gasteiger partial charge in [-0.15, -0.1) is 0 Å². The number of thioether (sulfide) groups is 1. The summed E-state index contributed by atoms with van der Waals surface area (Å²) in [7, 11) is -3.81. The molecule has 0 bridgehead atoms. The molecule has 0 aliphatic carbocycles. The number of hydrogen-bond acceptors (Lipinski definition) is 7. The topological polar surface area (TPSA) is 137 Å². The van der Waals surface area contributed by atoms with E-state index in [1.807, 2.05) is 12.1 Å². The summed E-state index contributed by atoms with van der Waals surface area (Å²) in [4.78, 5) is 34.2. The molecule has 0 fully saturated rings. The van der Waals surface area contributed by atoms with E-state index >= 15 is 0 Å². The van der Waals surface area contributed by atoms with E-state index in [2.05, 4.69) is 15.3 Å². The molecule has 2 aromatic carbocycles. The van der Waals surface area contributed by atoms with Crippen LogP contribution in [0.3, 0.4) is 0 Å². The highest BCUT2D eigenvalue weighted by atomic mass is 32.2. The minimum atomic E-state index is -3.81. The number of primary sulfonamides is 1. The molecule has 0 aliphatic rings. The summed E-state index contributed by atoms with van der Waals surface area (Å²) in [5.74, 6) is -0.334. The van der Waals surface area contributed by atoms with Crippen LogP contribution < -0.4 is 16.0 Å². The number of hydrogen-bond donors (Lipinski definition) is 2. The largest absolute Gasteiger partial charge is 0.325 e. The molecular weight excluding hydrogens is 462 g/mol. The van der Waals surface area contributed by atoms with E-state index in [0.29, 0.717) is 21.7 Å². The van der Waals surface area contributed by atoms with Gasteiger partial charge in [0, 0.05) is 18.1 Å². The van der Waals surface area contributed by atoms with Crippen LogP contribution in [0.4, 0.5) is 5.69 Å².